The molecule has 0 atom stereocenters. The van der Waals surface area contributed by atoms with Crippen molar-refractivity contribution in [3.05, 3.63) is 165 Å². The normalized spacial score (nSPS) is 12.2. The van der Waals surface area contributed by atoms with Crippen molar-refractivity contribution in [3.8, 4) is 44.9 Å². The average molecular weight is 705 g/mol. The lowest BCUT2D eigenvalue weighted by Gasteiger charge is -2.16. The molecule has 0 spiro atoms. The van der Waals surface area contributed by atoms with Crippen molar-refractivity contribution in [2.24, 2.45) is 0 Å². The van der Waals surface area contributed by atoms with Crippen LogP contribution in [0.15, 0.2) is 109 Å². The van der Waals surface area contributed by atoms with E-state index in [-0.39, 0.29) is 6.10 Å². The van der Waals surface area contributed by atoms with Gasteiger partial charge in [0.05, 0.1) is 0 Å². The van der Waals surface area contributed by atoms with Crippen molar-refractivity contribution in [2.45, 2.75) is 75.3 Å². The molecule has 0 aromatic heterocycles. The van der Waals surface area contributed by atoms with Gasteiger partial charge in [-0.3, -0.25) is 0 Å². The second-order valence-electron chi connectivity index (χ2n) is 14.4. The third-order valence-corrected chi connectivity index (χ3v) is 10.3. The van der Waals surface area contributed by atoms with Crippen molar-refractivity contribution in [1.82, 2.24) is 0 Å². The Morgan fingerprint density at radius 2 is 0.547 bits per heavy atom. The van der Waals surface area contributed by atoms with Crippen molar-refractivity contribution in [3.63, 3.8) is 0 Å². The molecule has 1 aliphatic heterocycles. The van der Waals surface area contributed by atoms with Crippen LogP contribution >= 0.6 is 0 Å². The fraction of sp³-hybridized carbons (Fsp3) is 0.280. The first kappa shape index (κ1) is 39.1. The Labute approximate surface area is 318 Å². The van der Waals surface area contributed by atoms with E-state index in [0.717, 1.165) is 22.6 Å². The maximum atomic E-state index is 6.00. The predicted molar refractivity (Wildman–Crippen MR) is 225 cm³/mol. The average Bonchev–Trinajstić information content (AvgIpc) is 3.20. The van der Waals surface area contributed by atoms with Crippen LogP contribution in [0.4, 0.5) is 0 Å². The number of methoxy groups -OCH3 is 1. The third kappa shape index (κ3) is 8.92. The molecular formula is C50H56O3. The molecule has 0 aliphatic carbocycles. The van der Waals surface area contributed by atoms with E-state index in [1.54, 1.807) is 7.11 Å². The highest BCUT2D eigenvalue weighted by Crippen LogP contribution is 2.42. The Balaban J connectivity index is 0.000000156. The SMILES string of the molecule is COC1COc2cccc(C)c2-c2c(C)cccc2OC1.Cc1cccc(C)c1-c1c(C)cccc1C.Cc1cccc(C)c1-c1c(C)cccc1C. The molecule has 6 aromatic rings. The minimum absolute atomic E-state index is 0.0789. The number of ether oxygens (including phenoxy) is 3. The van der Waals surface area contributed by atoms with Gasteiger partial charge in [0, 0.05) is 18.2 Å². The summed E-state index contributed by atoms with van der Waals surface area (Å²) in [7, 11) is 1.68. The largest absolute Gasteiger partial charge is 0.490 e. The highest BCUT2D eigenvalue weighted by atomic mass is 16.6. The predicted octanol–water partition coefficient (Wildman–Crippen LogP) is 12.9. The van der Waals surface area contributed by atoms with E-state index in [2.05, 4.69) is 154 Å². The van der Waals surface area contributed by atoms with Crippen LogP contribution in [0.2, 0.25) is 0 Å². The van der Waals surface area contributed by atoms with Gasteiger partial charge in [-0.1, -0.05) is 97.1 Å². The molecule has 7 rings (SSSR count). The Kier molecular flexibility index (Phi) is 13.0. The summed E-state index contributed by atoms with van der Waals surface area (Å²) in [6.45, 7) is 22.7. The van der Waals surface area contributed by atoms with E-state index in [1.807, 2.05) is 24.3 Å². The minimum atomic E-state index is -0.0789. The van der Waals surface area contributed by atoms with Crippen LogP contribution < -0.4 is 9.47 Å². The highest BCUT2D eigenvalue weighted by molar-refractivity contribution is 5.81. The number of hydrogen-bond donors (Lipinski definition) is 0. The molecule has 1 aliphatic rings. The molecule has 0 radical (unpaired) electrons. The van der Waals surface area contributed by atoms with Crippen molar-refractivity contribution in [2.75, 3.05) is 20.3 Å². The van der Waals surface area contributed by atoms with E-state index in [0.29, 0.717) is 13.2 Å². The van der Waals surface area contributed by atoms with Gasteiger partial charge in [-0.2, -0.15) is 0 Å². The molecule has 0 saturated carbocycles. The standard InChI is InChI=1S/C18H20O3.2C16H18/c1-12-6-4-8-15-17(12)18-13(2)7-5-9-16(18)21-11-14(19-3)10-20-15;2*1-11-7-5-8-12(2)15(11)16-13(3)9-6-10-14(16)4/h4-9,14H,10-11H2,1-3H3;2*5-10H,1-4H3. The summed E-state index contributed by atoms with van der Waals surface area (Å²) in [6.07, 6.45) is -0.0789. The molecule has 0 unspecified atom stereocenters. The number of benzene rings is 6. The smallest absolute Gasteiger partial charge is 0.127 e. The van der Waals surface area contributed by atoms with Crippen LogP contribution in [0, 0.1) is 69.2 Å². The van der Waals surface area contributed by atoms with Gasteiger partial charge in [0.15, 0.2) is 0 Å². The van der Waals surface area contributed by atoms with Gasteiger partial charge in [0.2, 0.25) is 0 Å². The lowest BCUT2D eigenvalue weighted by atomic mass is 9.90. The molecule has 274 valence electrons. The van der Waals surface area contributed by atoms with Gasteiger partial charge in [0.25, 0.3) is 0 Å². The molecule has 0 amide bonds. The topological polar surface area (TPSA) is 27.7 Å². The molecule has 1 heterocycles. The summed E-state index contributed by atoms with van der Waals surface area (Å²) in [6, 6.07) is 38.3. The summed E-state index contributed by atoms with van der Waals surface area (Å²) < 4.78 is 17.4. The Hall–Kier alpha value is -5.12. The molecule has 0 fully saturated rings. The van der Waals surface area contributed by atoms with E-state index in [9.17, 15) is 0 Å². The number of hydrogen-bond acceptors (Lipinski definition) is 3. The third-order valence-electron chi connectivity index (χ3n) is 10.3. The van der Waals surface area contributed by atoms with E-state index < -0.39 is 0 Å². The molecule has 0 bridgehead atoms. The van der Waals surface area contributed by atoms with Crippen LogP contribution in [0.25, 0.3) is 33.4 Å². The van der Waals surface area contributed by atoms with Gasteiger partial charge in [0.1, 0.15) is 30.8 Å². The van der Waals surface area contributed by atoms with Gasteiger partial charge in [-0.05, 0) is 159 Å². The summed E-state index contributed by atoms with van der Waals surface area (Å²) in [5.74, 6) is 1.77. The molecular weight excluding hydrogens is 649 g/mol. The van der Waals surface area contributed by atoms with E-state index in [1.165, 1.54) is 77.9 Å². The Morgan fingerprint density at radius 1 is 0.340 bits per heavy atom. The number of fused-ring (bicyclic) bond motifs is 3. The second-order valence-corrected chi connectivity index (χ2v) is 14.4. The molecule has 0 N–H and O–H groups in total. The maximum absolute atomic E-state index is 6.00. The van der Waals surface area contributed by atoms with Crippen LogP contribution in [0.3, 0.4) is 0 Å². The lowest BCUT2D eigenvalue weighted by Crippen LogP contribution is -2.27. The maximum Gasteiger partial charge on any atom is 0.127 e. The fourth-order valence-corrected chi connectivity index (χ4v) is 7.55. The van der Waals surface area contributed by atoms with E-state index >= 15 is 0 Å². The summed E-state index contributed by atoms with van der Waals surface area (Å²) >= 11 is 0. The summed E-state index contributed by atoms with van der Waals surface area (Å²) in [5.41, 5.74) is 21.1. The van der Waals surface area contributed by atoms with Crippen molar-refractivity contribution < 1.29 is 14.2 Å². The van der Waals surface area contributed by atoms with Crippen molar-refractivity contribution >= 4 is 0 Å². The van der Waals surface area contributed by atoms with Gasteiger partial charge in [-0.25, -0.2) is 0 Å². The second kappa shape index (κ2) is 17.6. The summed E-state index contributed by atoms with van der Waals surface area (Å²) in [5, 5.41) is 0. The fourth-order valence-electron chi connectivity index (χ4n) is 7.55. The minimum Gasteiger partial charge on any atom is -0.490 e. The first-order valence-corrected chi connectivity index (χ1v) is 18.7. The quantitative estimate of drug-likeness (QED) is 0.184. The number of aryl methyl sites for hydroxylation is 10. The van der Waals surface area contributed by atoms with Crippen LogP contribution in [0.1, 0.15) is 55.6 Å². The molecule has 0 saturated heterocycles. The molecule has 6 aromatic carbocycles. The Morgan fingerprint density at radius 3 is 0.774 bits per heavy atom. The van der Waals surface area contributed by atoms with Gasteiger partial charge < -0.3 is 14.2 Å². The zero-order chi connectivity index (χ0) is 38.2. The van der Waals surface area contributed by atoms with Crippen LogP contribution in [-0.4, -0.2) is 26.4 Å². The summed E-state index contributed by atoms with van der Waals surface area (Å²) in [4.78, 5) is 0. The van der Waals surface area contributed by atoms with Gasteiger partial charge in [-0.15, -0.1) is 0 Å². The van der Waals surface area contributed by atoms with Gasteiger partial charge >= 0.3 is 0 Å². The zero-order valence-electron chi connectivity index (χ0n) is 33.6. The zero-order valence-corrected chi connectivity index (χ0v) is 33.6. The molecule has 53 heavy (non-hydrogen) atoms. The Bertz CT molecular complexity index is 1860. The lowest BCUT2D eigenvalue weighted by molar-refractivity contribution is 0.0249. The monoisotopic (exact) mass is 704 g/mol. The van der Waals surface area contributed by atoms with E-state index in [4.69, 9.17) is 14.2 Å². The van der Waals surface area contributed by atoms with Crippen molar-refractivity contribution in [1.29, 1.82) is 0 Å². The first-order valence-electron chi connectivity index (χ1n) is 18.7. The molecule has 3 nitrogen and oxygen atoms in total. The number of rotatable bonds is 3. The molecule has 3 heteroatoms. The van der Waals surface area contributed by atoms with Crippen LogP contribution in [-0.2, 0) is 4.74 Å². The highest BCUT2D eigenvalue weighted by Gasteiger charge is 2.21. The van der Waals surface area contributed by atoms with Crippen LogP contribution in [0.5, 0.6) is 11.5 Å². The first-order chi connectivity index (χ1) is 25.4.